The summed E-state index contributed by atoms with van der Waals surface area (Å²) < 4.78 is 22.7. The normalized spacial score (nSPS) is 23.7. The molecular formula is C22H36N4O2S. The fourth-order valence-electron chi connectivity index (χ4n) is 4.65. The quantitative estimate of drug-likeness (QED) is 0.417. The van der Waals surface area contributed by atoms with Crippen molar-refractivity contribution in [1.82, 2.24) is 15.1 Å². The third-order valence-corrected chi connectivity index (χ3v) is 7.01. The Morgan fingerprint density at radius 3 is 2.72 bits per heavy atom. The lowest BCUT2D eigenvalue weighted by molar-refractivity contribution is 0.0372. The van der Waals surface area contributed by atoms with Crippen molar-refractivity contribution in [3.05, 3.63) is 35.9 Å². The van der Waals surface area contributed by atoms with E-state index in [9.17, 15) is 8.42 Å². The average Bonchev–Trinajstić information content (AvgIpc) is 2.70. The maximum absolute atomic E-state index is 11.3. The number of sulfone groups is 1. The van der Waals surface area contributed by atoms with Gasteiger partial charge in [0.25, 0.3) is 0 Å². The van der Waals surface area contributed by atoms with Gasteiger partial charge in [-0.1, -0.05) is 30.3 Å². The first kappa shape index (κ1) is 22.1. The lowest BCUT2D eigenvalue weighted by atomic mass is 9.83. The number of benzene rings is 1. The Kier molecular flexibility index (Phi) is 7.95. The van der Waals surface area contributed by atoms with Crippen LogP contribution >= 0.6 is 0 Å². The van der Waals surface area contributed by atoms with Crippen molar-refractivity contribution >= 4 is 15.8 Å². The maximum atomic E-state index is 11.3. The maximum Gasteiger partial charge on any atom is 0.193 e. The van der Waals surface area contributed by atoms with Crippen molar-refractivity contribution in [3.8, 4) is 0 Å². The summed E-state index contributed by atoms with van der Waals surface area (Å²) in [5.41, 5.74) is 1.40. The Morgan fingerprint density at radius 2 is 2.00 bits per heavy atom. The van der Waals surface area contributed by atoms with Gasteiger partial charge in [-0.15, -0.1) is 0 Å². The Labute approximate surface area is 176 Å². The predicted octanol–water partition coefficient (Wildman–Crippen LogP) is 2.37. The Hall–Kier alpha value is -1.60. The molecule has 2 aliphatic heterocycles. The molecule has 7 heteroatoms. The highest BCUT2D eigenvalue weighted by Gasteiger charge is 2.36. The molecular weight excluding hydrogens is 384 g/mol. The summed E-state index contributed by atoms with van der Waals surface area (Å²) >= 11 is 0. The molecule has 1 aromatic carbocycles. The minimum Gasteiger partial charge on any atom is -0.357 e. The van der Waals surface area contributed by atoms with Crippen LogP contribution < -0.4 is 5.32 Å². The SMILES string of the molecule is CCNC(=NCCCS(C)(=O)=O)N1CCC2C(CCCN2Cc2ccccc2)C1. The molecule has 0 aromatic heterocycles. The van der Waals surface area contributed by atoms with E-state index in [-0.39, 0.29) is 5.75 Å². The fourth-order valence-corrected chi connectivity index (χ4v) is 5.30. The Bertz CT molecular complexity index is 766. The number of aliphatic imine (C=N–C) groups is 1. The first-order chi connectivity index (χ1) is 14.0. The largest absolute Gasteiger partial charge is 0.357 e. The zero-order valence-corrected chi connectivity index (χ0v) is 18.7. The molecule has 6 nitrogen and oxygen atoms in total. The van der Waals surface area contributed by atoms with Crippen molar-refractivity contribution in [3.63, 3.8) is 0 Å². The summed E-state index contributed by atoms with van der Waals surface area (Å²) in [5, 5.41) is 3.41. The number of hydrogen-bond acceptors (Lipinski definition) is 4. The van der Waals surface area contributed by atoms with E-state index < -0.39 is 9.84 Å². The van der Waals surface area contributed by atoms with Gasteiger partial charge in [-0.2, -0.15) is 0 Å². The second kappa shape index (κ2) is 10.4. The number of rotatable bonds is 7. The van der Waals surface area contributed by atoms with E-state index in [1.165, 1.54) is 31.2 Å². The molecule has 162 valence electrons. The molecule has 0 spiro atoms. The van der Waals surface area contributed by atoms with Gasteiger partial charge in [0, 0.05) is 45.0 Å². The van der Waals surface area contributed by atoms with E-state index in [2.05, 4.69) is 52.4 Å². The highest BCUT2D eigenvalue weighted by atomic mass is 32.2. The van der Waals surface area contributed by atoms with Crippen LogP contribution in [0.3, 0.4) is 0 Å². The van der Waals surface area contributed by atoms with E-state index in [4.69, 9.17) is 4.99 Å². The van der Waals surface area contributed by atoms with Crippen LogP contribution in [0.5, 0.6) is 0 Å². The molecule has 1 aromatic rings. The zero-order valence-electron chi connectivity index (χ0n) is 17.9. The van der Waals surface area contributed by atoms with Crippen LogP contribution in [-0.4, -0.2) is 75.0 Å². The highest BCUT2D eigenvalue weighted by Crippen LogP contribution is 2.31. The van der Waals surface area contributed by atoms with Crippen LogP contribution in [0, 0.1) is 5.92 Å². The van der Waals surface area contributed by atoms with Gasteiger partial charge in [0.15, 0.2) is 5.96 Å². The predicted molar refractivity (Wildman–Crippen MR) is 120 cm³/mol. The van der Waals surface area contributed by atoms with Gasteiger partial charge in [-0.25, -0.2) is 8.42 Å². The van der Waals surface area contributed by atoms with Gasteiger partial charge in [0.05, 0.1) is 5.75 Å². The molecule has 2 saturated heterocycles. The average molecular weight is 421 g/mol. The van der Waals surface area contributed by atoms with Crippen molar-refractivity contribution in [1.29, 1.82) is 0 Å². The third-order valence-electron chi connectivity index (χ3n) is 5.98. The minimum absolute atomic E-state index is 0.203. The van der Waals surface area contributed by atoms with E-state index in [1.54, 1.807) is 0 Å². The van der Waals surface area contributed by atoms with Crippen molar-refractivity contribution in [2.75, 3.05) is 44.7 Å². The standard InChI is InChI=1S/C22H36N4O2S/c1-3-23-22(24-13-8-16-29(2,27)28)26-15-12-21-20(18-26)11-7-14-25(21)17-19-9-5-4-6-10-19/h4-6,9-10,20-21H,3,7-8,11-18H2,1-2H3,(H,23,24). The van der Waals surface area contributed by atoms with Crippen LogP contribution in [0.2, 0.25) is 0 Å². The van der Waals surface area contributed by atoms with Gasteiger partial charge >= 0.3 is 0 Å². The number of nitrogens with zero attached hydrogens (tertiary/aromatic N) is 3. The zero-order chi connectivity index (χ0) is 20.7. The van der Waals surface area contributed by atoms with Gasteiger partial charge < -0.3 is 10.2 Å². The van der Waals surface area contributed by atoms with Crippen LogP contribution in [0.25, 0.3) is 0 Å². The van der Waals surface area contributed by atoms with E-state index in [0.717, 1.165) is 38.6 Å². The van der Waals surface area contributed by atoms with Gasteiger partial charge in [0.2, 0.25) is 0 Å². The molecule has 0 radical (unpaired) electrons. The molecule has 2 aliphatic rings. The smallest absolute Gasteiger partial charge is 0.193 e. The first-order valence-electron chi connectivity index (χ1n) is 10.9. The van der Waals surface area contributed by atoms with E-state index in [1.807, 2.05) is 0 Å². The highest BCUT2D eigenvalue weighted by molar-refractivity contribution is 7.90. The summed E-state index contributed by atoms with van der Waals surface area (Å²) in [5.74, 6) is 1.82. The number of guanidine groups is 1. The molecule has 3 rings (SSSR count). The number of nitrogens with one attached hydrogen (secondary N) is 1. The summed E-state index contributed by atoms with van der Waals surface area (Å²) in [6, 6.07) is 11.4. The van der Waals surface area contributed by atoms with Crippen LogP contribution in [0.15, 0.2) is 35.3 Å². The minimum atomic E-state index is -2.92. The molecule has 0 aliphatic carbocycles. The van der Waals surface area contributed by atoms with Crippen LogP contribution in [0.4, 0.5) is 0 Å². The molecule has 0 bridgehead atoms. The summed E-state index contributed by atoms with van der Waals surface area (Å²) in [7, 11) is -2.92. The van der Waals surface area contributed by atoms with Crippen molar-refractivity contribution in [2.45, 2.75) is 45.2 Å². The lowest BCUT2D eigenvalue weighted by Gasteiger charge is -2.48. The van der Waals surface area contributed by atoms with E-state index >= 15 is 0 Å². The second-order valence-electron chi connectivity index (χ2n) is 8.38. The third kappa shape index (κ3) is 6.71. The molecule has 0 saturated carbocycles. The van der Waals surface area contributed by atoms with E-state index in [0.29, 0.717) is 24.9 Å². The topological polar surface area (TPSA) is 65.0 Å². The first-order valence-corrected chi connectivity index (χ1v) is 13.0. The van der Waals surface area contributed by atoms with Crippen molar-refractivity contribution in [2.24, 2.45) is 10.9 Å². The molecule has 1 N–H and O–H groups in total. The van der Waals surface area contributed by atoms with Crippen molar-refractivity contribution < 1.29 is 8.42 Å². The molecule has 29 heavy (non-hydrogen) atoms. The molecule has 0 amide bonds. The number of hydrogen-bond donors (Lipinski definition) is 1. The lowest BCUT2D eigenvalue weighted by Crippen LogP contribution is -2.56. The Morgan fingerprint density at radius 1 is 1.21 bits per heavy atom. The summed E-state index contributed by atoms with van der Waals surface area (Å²) in [6.07, 6.45) is 5.56. The summed E-state index contributed by atoms with van der Waals surface area (Å²) in [6.45, 7) is 7.74. The van der Waals surface area contributed by atoms with Crippen LogP contribution in [-0.2, 0) is 16.4 Å². The Balaban J connectivity index is 1.59. The monoisotopic (exact) mass is 420 g/mol. The molecule has 2 fully saturated rings. The summed E-state index contributed by atoms with van der Waals surface area (Å²) in [4.78, 5) is 9.78. The number of piperidine rings is 2. The van der Waals surface area contributed by atoms with Gasteiger partial charge in [0.1, 0.15) is 9.84 Å². The molecule has 2 heterocycles. The fraction of sp³-hybridized carbons (Fsp3) is 0.682. The van der Waals surface area contributed by atoms with Crippen LogP contribution in [0.1, 0.15) is 38.2 Å². The molecule has 2 atom stereocenters. The number of fused-ring (bicyclic) bond motifs is 1. The van der Waals surface area contributed by atoms with Gasteiger partial charge in [-0.3, -0.25) is 9.89 Å². The number of likely N-dealkylation sites (tertiary alicyclic amines) is 2. The second-order valence-corrected chi connectivity index (χ2v) is 10.6. The molecule has 2 unspecified atom stereocenters. The van der Waals surface area contributed by atoms with Gasteiger partial charge in [-0.05, 0) is 50.6 Å².